The molecular weight excluding hydrogens is 294 g/mol. The van der Waals surface area contributed by atoms with E-state index in [0.29, 0.717) is 11.8 Å². The van der Waals surface area contributed by atoms with Crippen LogP contribution in [0.4, 0.5) is 11.9 Å². The van der Waals surface area contributed by atoms with Crippen molar-refractivity contribution in [2.45, 2.75) is 39.2 Å². The van der Waals surface area contributed by atoms with Gasteiger partial charge in [-0.15, -0.1) is 11.3 Å². The monoisotopic (exact) mass is 311 g/mol. The Labute approximate surface area is 127 Å². The molecule has 0 aromatic carbocycles. The van der Waals surface area contributed by atoms with E-state index < -0.39 is 0 Å². The molecule has 2 aromatic heterocycles. The summed E-state index contributed by atoms with van der Waals surface area (Å²) >= 11 is 7.80. The number of nitrogen functional groups attached to an aromatic ring is 1. The zero-order valence-corrected chi connectivity index (χ0v) is 13.1. The summed E-state index contributed by atoms with van der Waals surface area (Å²) < 4.78 is 0. The number of thiophene rings is 1. The van der Waals surface area contributed by atoms with E-state index in [1.807, 2.05) is 11.4 Å². The van der Waals surface area contributed by atoms with Gasteiger partial charge in [0.05, 0.1) is 5.02 Å². The van der Waals surface area contributed by atoms with Crippen LogP contribution in [0.15, 0.2) is 11.4 Å². The minimum atomic E-state index is 0.246. The van der Waals surface area contributed by atoms with Gasteiger partial charge < -0.3 is 11.1 Å². The molecule has 2 heterocycles. The van der Waals surface area contributed by atoms with Crippen molar-refractivity contribution >= 4 is 34.8 Å². The van der Waals surface area contributed by atoms with Crippen molar-refractivity contribution in [1.29, 1.82) is 0 Å². The van der Waals surface area contributed by atoms with Gasteiger partial charge in [-0.05, 0) is 37.6 Å². The van der Waals surface area contributed by atoms with Crippen molar-refractivity contribution in [3.63, 3.8) is 0 Å². The maximum atomic E-state index is 6.11. The molecule has 108 valence electrons. The van der Waals surface area contributed by atoms with Crippen molar-refractivity contribution in [3.8, 4) is 0 Å². The molecule has 1 unspecified atom stereocenters. The lowest BCUT2D eigenvalue weighted by Crippen LogP contribution is -2.21. The number of aromatic nitrogens is 3. The molecule has 0 aliphatic heterocycles. The van der Waals surface area contributed by atoms with Crippen LogP contribution in [0.1, 0.15) is 30.5 Å². The zero-order valence-electron chi connectivity index (χ0n) is 11.6. The highest BCUT2D eigenvalue weighted by molar-refractivity contribution is 7.10. The highest BCUT2D eigenvalue weighted by atomic mass is 35.5. The van der Waals surface area contributed by atoms with Crippen molar-refractivity contribution in [2.24, 2.45) is 0 Å². The Morgan fingerprint density at radius 2 is 2.20 bits per heavy atom. The fourth-order valence-corrected chi connectivity index (χ4v) is 3.09. The fourth-order valence-electron chi connectivity index (χ4n) is 1.94. The lowest BCUT2D eigenvalue weighted by molar-refractivity contribution is 0.630. The van der Waals surface area contributed by atoms with Crippen LogP contribution in [-0.2, 0) is 6.42 Å². The Hall–Kier alpha value is -1.40. The highest BCUT2D eigenvalue weighted by Gasteiger charge is 2.11. The Kier molecular flexibility index (Phi) is 5.14. The minimum Gasteiger partial charge on any atom is -0.368 e. The van der Waals surface area contributed by atoms with Gasteiger partial charge in [-0.1, -0.05) is 18.5 Å². The molecule has 0 aliphatic carbocycles. The topological polar surface area (TPSA) is 76.7 Å². The lowest BCUT2D eigenvalue weighted by atomic mass is 10.1. The first-order chi connectivity index (χ1) is 9.58. The summed E-state index contributed by atoms with van der Waals surface area (Å²) in [6.07, 6.45) is 2.90. The molecule has 1 atom stereocenters. The molecule has 20 heavy (non-hydrogen) atoms. The summed E-state index contributed by atoms with van der Waals surface area (Å²) in [5.74, 6) is 1.41. The van der Waals surface area contributed by atoms with Gasteiger partial charge in [0, 0.05) is 10.9 Å². The molecule has 2 rings (SSSR count). The van der Waals surface area contributed by atoms with Crippen molar-refractivity contribution in [1.82, 2.24) is 15.0 Å². The third kappa shape index (κ3) is 4.05. The molecule has 0 saturated heterocycles. The quantitative estimate of drug-likeness (QED) is 0.856. The molecule has 5 nitrogen and oxygen atoms in total. The van der Waals surface area contributed by atoms with E-state index in [2.05, 4.69) is 27.2 Å². The molecule has 3 N–H and O–H groups in total. The van der Waals surface area contributed by atoms with Gasteiger partial charge in [0.25, 0.3) is 0 Å². The molecule has 0 spiro atoms. The molecule has 0 saturated carbocycles. The Balaban J connectivity index is 1.96. The number of nitrogens with one attached hydrogen (secondary N) is 1. The average molecular weight is 312 g/mol. The summed E-state index contributed by atoms with van der Waals surface area (Å²) in [5.41, 5.74) is 5.63. The van der Waals surface area contributed by atoms with E-state index in [1.165, 1.54) is 4.88 Å². The van der Waals surface area contributed by atoms with Crippen LogP contribution in [0.2, 0.25) is 5.02 Å². The summed E-state index contributed by atoms with van der Waals surface area (Å²) in [7, 11) is 0. The van der Waals surface area contributed by atoms with E-state index in [9.17, 15) is 0 Å². The number of nitrogens with two attached hydrogens (primary N) is 1. The van der Waals surface area contributed by atoms with E-state index in [4.69, 9.17) is 17.3 Å². The van der Waals surface area contributed by atoms with Gasteiger partial charge in [0.15, 0.2) is 0 Å². The minimum absolute atomic E-state index is 0.246. The zero-order chi connectivity index (χ0) is 14.5. The number of aryl methyl sites for hydroxylation is 2. The second kappa shape index (κ2) is 6.85. The maximum absolute atomic E-state index is 6.11. The number of halogens is 1. The number of hydrogen-bond donors (Lipinski definition) is 2. The smallest absolute Gasteiger partial charge is 0.227 e. The van der Waals surface area contributed by atoms with Crippen LogP contribution in [-0.4, -0.2) is 21.0 Å². The van der Waals surface area contributed by atoms with E-state index in [1.54, 1.807) is 18.3 Å². The normalized spacial score (nSPS) is 12.3. The molecule has 0 amide bonds. The Bertz CT molecular complexity index is 551. The predicted octanol–water partition coefficient (Wildman–Crippen LogP) is 3.30. The molecule has 0 radical (unpaired) electrons. The van der Waals surface area contributed by atoms with Crippen LogP contribution < -0.4 is 11.1 Å². The molecule has 0 fully saturated rings. The van der Waals surface area contributed by atoms with Crippen molar-refractivity contribution in [2.75, 3.05) is 11.1 Å². The summed E-state index contributed by atoms with van der Waals surface area (Å²) in [4.78, 5) is 13.5. The number of anilines is 2. The number of nitrogens with zero attached hydrogens (tertiary/aromatic N) is 3. The molecule has 2 aromatic rings. The van der Waals surface area contributed by atoms with E-state index >= 15 is 0 Å². The summed E-state index contributed by atoms with van der Waals surface area (Å²) in [6.45, 7) is 3.93. The predicted molar refractivity (Wildman–Crippen MR) is 84.3 cm³/mol. The molecule has 0 bridgehead atoms. The first-order valence-corrected chi connectivity index (χ1v) is 7.80. The maximum Gasteiger partial charge on any atom is 0.227 e. The third-order valence-electron chi connectivity index (χ3n) is 3.00. The molecule has 7 heteroatoms. The Morgan fingerprint density at radius 3 is 2.80 bits per heavy atom. The third-order valence-corrected chi connectivity index (χ3v) is 4.45. The first kappa shape index (κ1) is 15.0. The van der Waals surface area contributed by atoms with Gasteiger partial charge in [0.2, 0.25) is 11.9 Å². The van der Waals surface area contributed by atoms with Crippen LogP contribution in [0, 0.1) is 6.92 Å². The van der Waals surface area contributed by atoms with Crippen LogP contribution in [0.3, 0.4) is 0 Å². The van der Waals surface area contributed by atoms with E-state index in [-0.39, 0.29) is 12.0 Å². The van der Waals surface area contributed by atoms with Crippen LogP contribution >= 0.6 is 22.9 Å². The lowest BCUT2D eigenvalue weighted by Gasteiger charge is -2.16. The van der Waals surface area contributed by atoms with Crippen LogP contribution in [0.25, 0.3) is 0 Å². The first-order valence-electron chi connectivity index (χ1n) is 6.55. The number of hydrogen-bond acceptors (Lipinski definition) is 6. The summed E-state index contributed by atoms with van der Waals surface area (Å²) in [5, 5.41) is 6.18. The summed E-state index contributed by atoms with van der Waals surface area (Å²) in [6, 6.07) is 2.22. The van der Waals surface area contributed by atoms with Gasteiger partial charge in [-0.3, -0.25) is 0 Å². The average Bonchev–Trinajstić information content (AvgIpc) is 2.79. The Morgan fingerprint density at radius 1 is 1.40 bits per heavy atom. The van der Waals surface area contributed by atoms with Crippen molar-refractivity contribution in [3.05, 3.63) is 27.2 Å². The largest absolute Gasteiger partial charge is 0.368 e. The van der Waals surface area contributed by atoms with E-state index in [0.717, 1.165) is 24.3 Å². The molecule has 0 aliphatic rings. The fraction of sp³-hybridized carbons (Fsp3) is 0.462. The number of rotatable bonds is 6. The molecular formula is C13H18ClN5S. The van der Waals surface area contributed by atoms with Gasteiger partial charge >= 0.3 is 0 Å². The van der Waals surface area contributed by atoms with Gasteiger partial charge in [0.1, 0.15) is 5.82 Å². The standard InChI is InChI=1S/C13H18ClN5S/c1-3-9(4-5-11-10(14)6-7-20-11)18-13-17-8(2)16-12(15)19-13/h6-7,9H,3-5H2,1-2H3,(H3,15,16,17,18,19). The van der Waals surface area contributed by atoms with Crippen molar-refractivity contribution < 1.29 is 0 Å². The second-order valence-corrected chi connectivity index (χ2v) is 5.95. The van der Waals surface area contributed by atoms with Gasteiger partial charge in [-0.2, -0.15) is 15.0 Å². The van der Waals surface area contributed by atoms with Gasteiger partial charge in [-0.25, -0.2) is 0 Å². The second-order valence-electron chi connectivity index (χ2n) is 4.54. The highest BCUT2D eigenvalue weighted by Crippen LogP contribution is 2.24. The SMILES string of the molecule is CCC(CCc1sccc1Cl)Nc1nc(C)nc(N)n1. The van der Waals surface area contributed by atoms with Crippen LogP contribution in [0.5, 0.6) is 0 Å².